The number of nitrogens with one attached hydrogen (secondary N) is 2. The standard InChI is InChI=1S/C16H27N3O3S.ClH/c1-5-19(6-2)23(21,22)15-12-14(10-9-13(15)3)18-16(20)8-7-11-17-4;/h9-10,12,17H,5-8,11H2,1-4H3,(H,18,20);1H. The topological polar surface area (TPSA) is 78.5 Å². The van der Waals surface area contributed by atoms with Crippen LogP contribution in [-0.4, -0.2) is 45.3 Å². The van der Waals surface area contributed by atoms with Crippen LogP contribution in [0.4, 0.5) is 5.69 Å². The summed E-state index contributed by atoms with van der Waals surface area (Å²) in [5.41, 5.74) is 1.18. The van der Waals surface area contributed by atoms with E-state index in [4.69, 9.17) is 0 Å². The van der Waals surface area contributed by atoms with Gasteiger partial charge in [-0.05, 0) is 44.6 Å². The molecule has 0 spiro atoms. The number of carbonyl (C=O) groups is 1. The average Bonchev–Trinajstić information content (AvgIpc) is 2.50. The lowest BCUT2D eigenvalue weighted by atomic mass is 10.2. The lowest BCUT2D eigenvalue weighted by Gasteiger charge is -2.20. The molecule has 0 saturated heterocycles. The van der Waals surface area contributed by atoms with Gasteiger partial charge >= 0.3 is 0 Å². The van der Waals surface area contributed by atoms with Gasteiger partial charge in [0.05, 0.1) is 4.90 Å². The number of rotatable bonds is 9. The number of hydrogen-bond acceptors (Lipinski definition) is 4. The molecule has 2 N–H and O–H groups in total. The maximum atomic E-state index is 12.7. The lowest BCUT2D eigenvalue weighted by Crippen LogP contribution is -2.31. The second-order valence-electron chi connectivity index (χ2n) is 5.32. The average molecular weight is 378 g/mol. The summed E-state index contributed by atoms with van der Waals surface area (Å²) in [7, 11) is -1.70. The molecule has 138 valence electrons. The predicted molar refractivity (Wildman–Crippen MR) is 100 cm³/mol. The quantitative estimate of drug-likeness (QED) is 0.647. The van der Waals surface area contributed by atoms with Crippen LogP contribution in [0.25, 0.3) is 0 Å². The van der Waals surface area contributed by atoms with Crippen LogP contribution in [0.3, 0.4) is 0 Å². The van der Waals surface area contributed by atoms with E-state index in [-0.39, 0.29) is 23.2 Å². The van der Waals surface area contributed by atoms with Crippen LogP contribution in [0.1, 0.15) is 32.3 Å². The largest absolute Gasteiger partial charge is 0.326 e. The molecule has 1 aromatic carbocycles. The molecule has 1 aromatic rings. The first kappa shape index (κ1) is 22.9. The summed E-state index contributed by atoms with van der Waals surface area (Å²) in [5, 5.41) is 5.75. The molecule has 1 rings (SSSR count). The Morgan fingerprint density at radius 1 is 1.21 bits per heavy atom. The van der Waals surface area contributed by atoms with E-state index in [0.29, 0.717) is 30.8 Å². The van der Waals surface area contributed by atoms with Gasteiger partial charge in [0.2, 0.25) is 15.9 Å². The van der Waals surface area contributed by atoms with Crippen LogP contribution in [0.15, 0.2) is 23.1 Å². The van der Waals surface area contributed by atoms with Crippen LogP contribution < -0.4 is 10.6 Å². The van der Waals surface area contributed by atoms with Crippen LogP contribution in [0.5, 0.6) is 0 Å². The van der Waals surface area contributed by atoms with Crippen molar-refractivity contribution in [3.63, 3.8) is 0 Å². The van der Waals surface area contributed by atoms with Gasteiger partial charge in [0.15, 0.2) is 0 Å². The second-order valence-corrected chi connectivity index (χ2v) is 7.23. The molecule has 0 aliphatic rings. The van der Waals surface area contributed by atoms with E-state index in [9.17, 15) is 13.2 Å². The second kappa shape index (κ2) is 10.7. The Morgan fingerprint density at radius 3 is 2.38 bits per heavy atom. The third-order valence-corrected chi connectivity index (χ3v) is 5.82. The normalized spacial score (nSPS) is 11.2. The molecule has 0 saturated carbocycles. The molecule has 0 unspecified atom stereocenters. The number of nitrogens with zero attached hydrogens (tertiary/aromatic N) is 1. The first-order valence-electron chi connectivity index (χ1n) is 7.92. The Balaban J connectivity index is 0.00000529. The van der Waals surface area contributed by atoms with Crippen molar-refractivity contribution in [3.05, 3.63) is 23.8 Å². The van der Waals surface area contributed by atoms with E-state index in [2.05, 4.69) is 10.6 Å². The van der Waals surface area contributed by atoms with Crippen molar-refractivity contribution in [2.75, 3.05) is 32.0 Å². The number of hydrogen-bond donors (Lipinski definition) is 2. The Morgan fingerprint density at radius 2 is 1.83 bits per heavy atom. The highest BCUT2D eigenvalue weighted by Gasteiger charge is 2.24. The molecular weight excluding hydrogens is 350 g/mol. The highest BCUT2D eigenvalue weighted by molar-refractivity contribution is 7.89. The third-order valence-electron chi connectivity index (χ3n) is 3.63. The van der Waals surface area contributed by atoms with Crippen LogP contribution in [0.2, 0.25) is 0 Å². The zero-order chi connectivity index (χ0) is 17.5. The van der Waals surface area contributed by atoms with Crippen molar-refractivity contribution in [3.8, 4) is 0 Å². The minimum Gasteiger partial charge on any atom is -0.326 e. The fourth-order valence-electron chi connectivity index (χ4n) is 2.31. The van der Waals surface area contributed by atoms with Crippen LogP contribution in [-0.2, 0) is 14.8 Å². The maximum absolute atomic E-state index is 12.7. The van der Waals surface area contributed by atoms with Crippen molar-refractivity contribution in [1.29, 1.82) is 0 Å². The summed E-state index contributed by atoms with van der Waals surface area (Å²) in [6.07, 6.45) is 1.13. The molecule has 6 nitrogen and oxygen atoms in total. The molecule has 0 fully saturated rings. The van der Waals surface area contributed by atoms with Gasteiger partial charge in [-0.2, -0.15) is 4.31 Å². The van der Waals surface area contributed by atoms with Gasteiger partial charge in [0.1, 0.15) is 0 Å². The van der Waals surface area contributed by atoms with Gasteiger partial charge in [0, 0.05) is 25.2 Å². The molecule has 0 aliphatic heterocycles. The van der Waals surface area contributed by atoms with Crippen LogP contribution in [0, 0.1) is 6.92 Å². The van der Waals surface area contributed by atoms with Crippen molar-refractivity contribution in [2.24, 2.45) is 0 Å². The number of anilines is 1. The summed E-state index contributed by atoms with van der Waals surface area (Å²) in [6, 6.07) is 4.99. The summed E-state index contributed by atoms with van der Waals surface area (Å²) in [5.74, 6) is -0.115. The van der Waals surface area contributed by atoms with Crippen LogP contribution >= 0.6 is 12.4 Å². The molecule has 8 heteroatoms. The van der Waals surface area contributed by atoms with Gasteiger partial charge in [-0.3, -0.25) is 4.79 Å². The summed E-state index contributed by atoms with van der Waals surface area (Å²) >= 11 is 0. The van der Waals surface area contributed by atoms with E-state index in [0.717, 1.165) is 13.0 Å². The zero-order valence-corrected chi connectivity index (χ0v) is 16.4. The zero-order valence-electron chi connectivity index (χ0n) is 14.8. The van der Waals surface area contributed by atoms with E-state index in [1.54, 1.807) is 25.1 Å². The Labute approximate surface area is 151 Å². The molecular formula is C16H28ClN3O3S. The first-order valence-corrected chi connectivity index (χ1v) is 9.36. The highest BCUT2D eigenvalue weighted by atomic mass is 35.5. The number of benzene rings is 1. The molecule has 0 aliphatic carbocycles. The Hall–Kier alpha value is -1.15. The molecule has 1 amide bonds. The van der Waals surface area contributed by atoms with E-state index >= 15 is 0 Å². The number of amides is 1. The molecule has 0 heterocycles. The summed E-state index contributed by atoms with van der Waals surface area (Å²) in [6.45, 7) is 6.98. The fourth-order valence-corrected chi connectivity index (χ4v) is 4.02. The number of halogens is 1. The summed E-state index contributed by atoms with van der Waals surface area (Å²) < 4.78 is 26.7. The third kappa shape index (κ3) is 6.05. The van der Waals surface area contributed by atoms with Gasteiger partial charge in [0.25, 0.3) is 0 Å². The SMILES string of the molecule is CCN(CC)S(=O)(=O)c1cc(NC(=O)CCCNC)ccc1C.Cl. The number of aryl methyl sites for hydroxylation is 1. The van der Waals surface area contributed by atoms with E-state index in [1.165, 1.54) is 4.31 Å². The molecule has 0 bridgehead atoms. The maximum Gasteiger partial charge on any atom is 0.243 e. The smallest absolute Gasteiger partial charge is 0.243 e. The minimum absolute atomic E-state index is 0. The first-order chi connectivity index (χ1) is 10.9. The summed E-state index contributed by atoms with van der Waals surface area (Å²) in [4.78, 5) is 12.1. The van der Waals surface area contributed by atoms with Crippen molar-refractivity contribution >= 4 is 34.0 Å². The van der Waals surface area contributed by atoms with Gasteiger partial charge in [-0.25, -0.2) is 8.42 Å². The molecule has 0 aromatic heterocycles. The minimum atomic E-state index is -3.54. The van der Waals surface area contributed by atoms with Gasteiger partial charge in [-0.15, -0.1) is 12.4 Å². The number of sulfonamides is 1. The fraction of sp³-hybridized carbons (Fsp3) is 0.562. The molecule has 0 atom stereocenters. The Kier molecular flexibility index (Phi) is 10.1. The molecule has 24 heavy (non-hydrogen) atoms. The molecule has 0 radical (unpaired) electrons. The van der Waals surface area contributed by atoms with E-state index < -0.39 is 10.0 Å². The van der Waals surface area contributed by atoms with Crippen molar-refractivity contribution in [1.82, 2.24) is 9.62 Å². The monoisotopic (exact) mass is 377 g/mol. The Bertz CT molecular complexity index is 631. The van der Waals surface area contributed by atoms with Crippen molar-refractivity contribution in [2.45, 2.75) is 38.5 Å². The van der Waals surface area contributed by atoms with Crippen molar-refractivity contribution < 1.29 is 13.2 Å². The van der Waals surface area contributed by atoms with E-state index in [1.807, 2.05) is 20.9 Å². The van der Waals surface area contributed by atoms with Gasteiger partial charge in [-0.1, -0.05) is 19.9 Å². The lowest BCUT2D eigenvalue weighted by molar-refractivity contribution is -0.116. The highest BCUT2D eigenvalue weighted by Crippen LogP contribution is 2.23. The van der Waals surface area contributed by atoms with Gasteiger partial charge < -0.3 is 10.6 Å². The number of carbonyl (C=O) groups excluding carboxylic acids is 1. The predicted octanol–water partition coefficient (Wildman–Crippen LogP) is 2.39.